The topological polar surface area (TPSA) is 24.9 Å². The van der Waals surface area contributed by atoms with E-state index in [0.29, 0.717) is 0 Å². The number of nitrogens with one attached hydrogen (secondary N) is 1. The van der Waals surface area contributed by atoms with Crippen molar-refractivity contribution in [1.29, 1.82) is 0 Å². The minimum Gasteiger partial charge on any atom is -0.264 e. The minimum atomic E-state index is 0.813. The molecular weight excluding hydrogens is 296 g/mol. The van der Waals surface area contributed by atoms with Crippen molar-refractivity contribution >= 4 is 27.9 Å². The standard InChI is InChI=1S/C13H13BrN2S/c1-10-7-12(4-5-13(10)14)17-16-9-11-3-2-6-15-8-11/h2-8,16H,9H2,1H3. The molecule has 0 saturated carbocycles. The van der Waals surface area contributed by atoms with Gasteiger partial charge >= 0.3 is 0 Å². The summed E-state index contributed by atoms with van der Waals surface area (Å²) in [5.74, 6) is 0. The highest BCUT2D eigenvalue weighted by atomic mass is 79.9. The zero-order valence-corrected chi connectivity index (χ0v) is 11.9. The van der Waals surface area contributed by atoms with E-state index in [0.717, 1.165) is 11.0 Å². The second-order valence-electron chi connectivity index (χ2n) is 3.70. The zero-order chi connectivity index (χ0) is 12.1. The van der Waals surface area contributed by atoms with Gasteiger partial charge in [-0.15, -0.1) is 0 Å². The summed E-state index contributed by atoms with van der Waals surface area (Å²) in [6, 6.07) is 10.3. The van der Waals surface area contributed by atoms with Crippen LogP contribution in [0.3, 0.4) is 0 Å². The molecule has 0 unspecified atom stereocenters. The molecule has 0 bridgehead atoms. The van der Waals surface area contributed by atoms with Gasteiger partial charge in [-0.1, -0.05) is 22.0 Å². The van der Waals surface area contributed by atoms with E-state index in [9.17, 15) is 0 Å². The lowest BCUT2D eigenvalue weighted by atomic mass is 10.2. The van der Waals surface area contributed by atoms with Crippen molar-refractivity contribution in [1.82, 2.24) is 9.71 Å². The van der Waals surface area contributed by atoms with Gasteiger partial charge in [0.1, 0.15) is 0 Å². The fraction of sp³-hybridized carbons (Fsp3) is 0.154. The Morgan fingerprint density at radius 1 is 1.35 bits per heavy atom. The third-order valence-corrected chi connectivity index (χ3v) is 3.99. The van der Waals surface area contributed by atoms with Gasteiger partial charge in [0.2, 0.25) is 0 Å². The molecular formula is C13H13BrN2S. The lowest BCUT2D eigenvalue weighted by Crippen LogP contribution is -2.03. The van der Waals surface area contributed by atoms with Crippen LogP contribution in [-0.2, 0) is 6.54 Å². The molecule has 2 rings (SSSR count). The monoisotopic (exact) mass is 308 g/mol. The Bertz CT molecular complexity index is 488. The fourth-order valence-corrected chi connectivity index (χ4v) is 2.41. The number of hydrogen-bond acceptors (Lipinski definition) is 3. The van der Waals surface area contributed by atoms with E-state index in [-0.39, 0.29) is 0 Å². The summed E-state index contributed by atoms with van der Waals surface area (Å²) in [4.78, 5) is 5.30. The van der Waals surface area contributed by atoms with Crippen molar-refractivity contribution in [2.24, 2.45) is 0 Å². The SMILES string of the molecule is Cc1cc(SNCc2cccnc2)ccc1Br. The van der Waals surface area contributed by atoms with Crippen molar-refractivity contribution in [3.8, 4) is 0 Å². The quantitative estimate of drug-likeness (QED) is 0.866. The van der Waals surface area contributed by atoms with Crippen LogP contribution in [0.15, 0.2) is 52.1 Å². The number of hydrogen-bond donors (Lipinski definition) is 1. The van der Waals surface area contributed by atoms with Crippen LogP contribution in [0.2, 0.25) is 0 Å². The van der Waals surface area contributed by atoms with E-state index < -0.39 is 0 Å². The van der Waals surface area contributed by atoms with Gasteiger partial charge in [-0.25, -0.2) is 0 Å². The summed E-state index contributed by atoms with van der Waals surface area (Å²) in [6.07, 6.45) is 3.66. The molecule has 0 aliphatic rings. The van der Waals surface area contributed by atoms with Crippen LogP contribution in [0.1, 0.15) is 11.1 Å². The molecule has 0 spiro atoms. The summed E-state index contributed by atoms with van der Waals surface area (Å²) in [6.45, 7) is 2.91. The number of aryl methyl sites for hydroxylation is 1. The second-order valence-corrected chi connectivity index (χ2v) is 5.51. The van der Waals surface area contributed by atoms with Crippen molar-refractivity contribution in [2.45, 2.75) is 18.4 Å². The van der Waals surface area contributed by atoms with Gasteiger partial charge < -0.3 is 0 Å². The number of benzene rings is 1. The van der Waals surface area contributed by atoms with Gasteiger partial charge in [-0.05, 0) is 54.3 Å². The van der Waals surface area contributed by atoms with E-state index in [2.05, 4.69) is 56.8 Å². The van der Waals surface area contributed by atoms with E-state index in [1.54, 1.807) is 18.1 Å². The number of rotatable bonds is 4. The summed E-state index contributed by atoms with van der Waals surface area (Å²) < 4.78 is 4.47. The molecule has 0 atom stereocenters. The van der Waals surface area contributed by atoms with E-state index in [4.69, 9.17) is 0 Å². The fourth-order valence-electron chi connectivity index (χ4n) is 1.39. The molecule has 1 aromatic carbocycles. The molecule has 17 heavy (non-hydrogen) atoms. The third-order valence-electron chi connectivity index (χ3n) is 2.32. The lowest BCUT2D eigenvalue weighted by Gasteiger charge is -2.05. The molecule has 0 aliphatic carbocycles. The molecule has 1 heterocycles. The smallest absolute Gasteiger partial charge is 0.0328 e. The number of halogens is 1. The molecule has 4 heteroatoms. The Morgan fingerprint density at radius 2 is 2.24 bits per heavy atom. The number of aromatic nitrogens is 1. The Balaban J connectivity index is 1.88. The van der Waals surface area contributed by atoms with Crippen molar-refractivity contribution in [2.75, 3.05) is 0 Å². The molecule has 2 nitrogen and oxygen atoms in total. The van der Waals surface area contributed by atoms with Gasteiger partial charge in [-0.3, -0.25) is 9.71 Å². The van der Waals surface area contributed by atoms with Crippen molar-refractivity contribution < 1.29 is 0 Å². The van der Waals surface area contributed by atoms with Crippen LogP contribution in [-0.4, -0.2) is 4.98 Å². The van der Waals surface area contributed by atoms with Crippen LogP contribution < -0.4 is 4.72 Å². The first-order valence-electron chi connectivity index (χ1n) is 5.30. The van der Waals surface area contributed by atoms with Crippen LogP contribution in [0, 0.1) is 6.92 Å². The molecule has 1 N–H and O–H groups in total. The summed E-state index contributed by atoms with van der Waals surface area (Å²) >= 11 is 5.14. The maximum Gasteiger partial charge on any atom is 0.0328 e. The van der Waals surface area contributed by atoms with Gasteiger partial charge in [0.15, 0.2) is 0 Å². The Morgan fingerprint density at radius 3 is 2.94 bits per heavy atom. The normalized spacial score (nSPS) is 10.5. The highest BCUT2D eigenvalue weighted by Gasteiger charge is 1.98. The Labute approximate surface area is 114 Å². The molecule has 0 amide bonds. The minimum absolute atomic E-state index is 0.813. The molecule has 88 valence electrons. The first kappa shape index (κ1) is 12.6. The van der Waals surface area contributed by atoms with E-state index in [1.165, 1.54) is 16.0 Å². The van der Waals surface area contributed by atoms with Gasteiger partial charge in [0, 0.05) is 28.3 Å². The average Bonchev–Trinajstić information content (AvgIpc) is 2.35. The lowest BCUT2D eigenvalue weighted by molar-refractivity contribution is 0.962. The summed E-state index contributed by atoms with van der Waals surface area (Å²) in [7, 11) is 0. The van der Waals surface area contributed by atoms with Crippen molar-refractivity contribution in [3.05, 3.63) is 58.3 Å². The number of pyridine rings is 1. The second kappa shape index (κ2) is 6.19. The van der Waals surface area contributed by atoms with Gasteiger partial charge in [0.05, 0.1) is 0 Å². The zero-order valence-electron chi connectivity index (χ0n) is 9.48. The van der Waals surface area contributed by atoms with E-state index in [1.807, 2.05) is 12.3 Å². The predicted octanol–water partition coefficient (Wildman–Crippen LogP) is 3.95. The molecule has 0 saturated heterocycles. The third kappa shape index (κ3) is 3.84. The molecule has 0 fully saturated rings. The van der Waals surface area contributed by atoms with Crippen LogP contribution >= 0.6 is 27.9 Å². The molecule has 1 aromatic heterocycles. The first-order valence-corrected chi connectivity index (χ1v) is 6.91. The predicted molar refractivity (Wildman–Crippen MR) is 75.8 cm³/mol. The largest absolute Gasteiger partial charge is 0.264 e. The number of nitrogens with zero attached hydrogens (tertiary/aromatic N) is 1. The first-order chi connectivity index (χ1) is 8.25. The molecule has 0 aliphatic heterocycles. The van der Waals surface area contributed by atoms with Crippen molar-refractivity contribution in [3.63, 3.8) is 0 Å². The maximum atomic E-state index is 4.08. The average molecular weight is 309 g/mol. The highest BCUT2D eigenvalue weighted by Crippen LogP contribution is 2.22. The molecule has 0 radical (unpaired) electrons. The summed E-state index contributed by atoms with van der Waals surface area (Å²) in [5.41, 5.74) is 2.44. The van der Waals surface area contributed by atoms with E-state index >= 15 is 0 Å². The Hall–Kier alpha value is -0.840. The van der Waals surface area contributed by atoms with Crippen LogP contribution in [0.4, 0.5) is 0 Å². The van der Waals surface area contributed by atoms with Crippen LogP contribution in [0.25, 0.3) is 0 Å². The van der Waals surface area contributed by atoms with Crippen LogP contribution in [0.5, 0.6) is 0 Å². The van der Waals surface area contributed by atoms with Gasteiger partial charge in [0.25, 0.3) is 0 Å². The van der Waals surface area contributed by atoms with Gasteiger partial charge in [-0.2, -0.15) is 0 Å². The molecule has 2 aromatic rings. The summed E-state index contributed by atoms with van der Waals surface area (Å²) in [5, 5.41) is 0. The maximum absolute atomic E-state index is 4.08. The highest BCUT2D eigenvalue weighted by molar-refractivity contribution is 9.10. The Kier molecular flexibility index (Phi) is 4.59.